The molecule has 0 heterocycles. The second-order valence-electron chi connectivity index (χ2n) is 3.84. The van der Waals surface area contributed by atoms with Crippen LogP contribution in [0.15, 0.2) is 18.2 Å². The van der Waals surface area contributed by atoms with Crippen molar-refractivity contribution in [1.82, 2.24) is 5.32 Å². The number of halogens is 2. The highest BCUT2D eigenvalue weighted by Crippen LogP contribution is 2.18. The molecule has 2 unspecified atom stereocenters. The van der Waals surface area contributed by atoms with Gasteiger partial charge in [0, 0.05) is 11.3 Å². The van der Waals surface area contributed by atoms with Crippen LogP contribution in [0.2, 0.25) is 5.02 Å². The van der Waals surface area contributed by atoms with E-state index in [0.717, 1.165) is 6.07 Å². The van der Waals surface area contributed by atoms with Gasteiger partial charge in [0.25, 0.3) is 5.91 Å². The van der Waals surface area contributed by atoms with Crippen molar-refractivity contribution in [3.8, 4) is 0 Å². The van der Waals surface area contributed by atoms with Crippen molar-refractivity contribution in [3.63, 3.8) is 0 Å². The first kappa shape index (κ1) is 15.3. The Morgan fingerprint density at radius 3 is 2.78 bits per heavy atom. The molecule has 0 bridgehead atoms. The fourth-order valence-corrected chi connectivity index (χ4v) is 2.37. The molecule has 0 saturated heterocycles. The molecule has 0 saturated carbocycles. The number of carbonyl (C=O) groups is 1. The van der Waals surface area contributed by atoms with Crippen LogP contribution in [-0.4, -0.2) is 35.2 Å². The third-order valence-electron chi connectivity index (χ3n) is 2.57. The molecule has 0 fully saturated rings. The predicted molar refractivity (Wildman–Crippen MR) is 72.7 cm³/mol. The van der Waals surface area contributed by atoms with Crippen LogP contribution in [0.1, 0.15) is 17.3 Å². The second kappa shape index (κ2) is 6.97. The lowest BCUT2D eigenvalue weighted by Gasteiger charge is -2.21. The average Bonchev–Trinajstić information content (AvgIpc) is 2.30. The van der Waals surface area contributed by atoms with Gasteiger partial charge in [-0.2, -0.15) is 11.8 Å². The summed E-state index contributed by atoms with van der Waals surface area (Å²) in [5.74, 6) is -0.859. The highest BCUT2D eigenvalue weighted by Gasteiger charge is 2.19. The van der Waals surface area contributed by atoms with Crippen LogP contribution in [0.5, 0.6) is 0 Å². The first-order chi connectivity index (χ1) is 8.49. The smallest absolute Gasteiger partial charge is 0.253 e. The molecule has 6 heteroatoms. The van der Waals surface area contributed by atoms with Crippen molar-refractivity contribution in [2.75, 3.05) is 12.9 Å². The zero-order valence-electron chi connectivity index (χ0n) is 10.1. The molecule has 0 radical (unpaired) electrons. The van der Waals surface area contributed by atoms with E-state index in [0.29, 0.717) is 0 Å². The molecular formula is C12H15ClFNO2S. The maximum Gasteiger partial charge on any atom is 0.253 e. The van der Waals surface area contributed by atoms with E-state index in [4.69, 9.17) is 16.7 Å². The van der Waals surface area contributed by atoms with Crippen molar-refractivity contribution in [1.29, 1.82) is 0 Å². The first-order valence-electron chi connectivity index (χ1n) is 5.39. The summed E-state index contributed by atoms with van der Waals surface area (Å²) in [6, 6.07) is 3.41. The third-order valence-corrected chi connectivity index (χ3v) is 4.05. The maximum absolute atomic E-state index is 12.9. The van der Waals surface area contributed by atoms with E-state index in [2.05, 4.69) is 5.32 Å². The Morgan fingerprint density at radius 2 is 2.28 bits per heavy atom. The summed E-state index contributed by atoms with van der Waals surface area (Å²) >= 11 is 7.26. The summed E-state index contributed by atoms with van der Waals surface area (Å²) in [7, 11) is 0. The Hall–Kier alpha value is -0.780. The molecule has 1 aromatic rings. The van der Waals surface area contributed by atoms with E-state index in [9.17, 15) is 9.18 Å². The first-order valence-corrected chi connectivity index (χ1v) is 7.05. The fourth-order valence-electron chi connectivity index (χ4n) is 1.49. The van der Waals surface area contributed by atoms with Gasteiger partial charge in [0.1, 0.15) is 5.82 Å². The van der Waals surface area contributed by atoms with Gasteiger partial charge in [-0.05, 0) is 31.4 Å². The van der Waals surface area contributed by atoms with Crippen molar-refractivity contribution in [2.45, 2.75) is 18.2 Å². The monoisotopic (exact) mass is 291 g/mol. The molecule has 100 valence electrons. The van der Waals surface area contributed by atoms with Crippen molar-refractivity contribution < 1.29 is 14.3 Å². The zero-order valence-corrected chi connectivity index (χ0v) is 11.7. The quantitative estimate of drug-likeness (QED) is 0.875. The maximum atomic E-state index is 12.9. The minimum absolute atomic E-state index is 0.0280. The van der Waals surface area contributed by atoms with Gasteiger partial charge < -0.3 is 10.4 Å². The Morgan fingerprint density at radius 1 is 1.61 bits per heavy atom. The Balaban J connectivity index is 2.76. The van der Waals surface area contributed by atoms with E-state index in [1.807, 2.05) is 6.26 Å². The molecule has 1 aromatic carbocycles. The summed E-state index contributed by atoms with van der Waals surface area (Å²) < 4.78 is 12.9. The molecule has 1 amide bonds. The molecule has 0 spiro atoms. The Kier molecular flexibility index (Phi) is 5.91. The molecule has 0 aromatic heterocycles. The number of nitrogens with one attached hydrogen (secondary N) is 1. The van der Waals surface area contributed by atoms with Gasteiger partial charge in [-0.1, -0.05) is 11.6 Å². The molecular weight excluding hydrogens is 277 g/mol. The van der Waals surface area contributed by atoms with Crippen LogP contribution in [0.3, 0.4) is 0 Å². The summed E-state index contributed by atoms with van der Waals surface area (Å²) in [5, 5.41) is 11.8. The van der Waals surface area contributed by atoms with Crippen molar-refractivity contribution in [2.24, 2.45) is 0 Å². The topological polar surface area (TPSA) is 49.3 Å². The van der Waals surface area contributed by atoms with Gasteiger partial charge in [-0.25, -0.2) is 4.39 Å². The van der Waals surface area contributed by atoms with E-state index < -0.39 is 5.82 Å². The molecule has 18 heavy (non-hydrogen) atoms. The Labute approximate surface area is 115 Å². The van der Waals surface area contributed by atoms with E-state index in [-0.39, 0.29) is 34.4 Å². The van der Waals surface area contributed by atoms with Gasteiger partial charge >= 0.3 is 0 Å². The summed E-state index contributed by atoms with van der Waals surface area (Å²) in [6.45, 7) is 1.77. The molecule has 1 rings (SSSR count). The van der Waals surface area contributed by atoms with Gasteiger partial charge in [0.15, 0.2) is 0 Å². The number of amides is 1. The van der Waals surface area contributed by atoms with Crippen molar-refractivity contribution in [3.05, 3.63) is 34.6 Å². The summed E-state index contributed by atoms with van der Waals surface area (Å²) in [4.78, 5) is 11.9. The highest BCUT2D eigenvalue weighted by atomic mass is 35.5. The van der Waals surface area contributed by atoms with Crippen molar-refractivity contribution >= 4 is 29.3 Å². The number of hydrogen-bond acceptors (Lipinski definition) is 3. The second-order valence-corrected chi connectivity index (χ2v) is 5.33. The largest absolute Gasteiger partial charge is 0.395 e. The van der Waals surface area contributed by atoms with Gasteiger partial charge in [0.2, 0.25) is 0 Å². The van der Waals surface area contributed by atoms with Gasteiger partial charge in [-0.15, -0.1) is 0 Å². The van der Waals surface area contributed by atoms with Crippen LogP contribution in [-0.2, 0) is 0 Å². The van der Waals surface area contributed by atoms with E-state index in [1.165, 1.54) is 23.9 Å². The van der Waals surface area contributed by atoms with Gasteiger partial charge in [-0.3, -0.25) is 4.79 Å². The molecule has 0 aliphatic carbocycles. The molecule has 0 aliphatic rings. The molecule has 2 N–H and O–H groups in total. The minimum atomic E-state index is -0.484. The number of rotatable bonds is 5. The highest BCUT2D eigenvalue weighted by molar-refractivity contribution is 7.99. The zero-order chi connectivity index (χ0) is 13.7. The van der Waals surface area contributed by atoms with Crippen LogP contribution in [0, 0.1) is 5.82 Å². The van der Waals surface area contributed by atoms with E-state index in [1.54, 1.807) is 6.92 Å². The van der Waals surface area contributed by atoms with Gasteiger partial charge in [0.05, 0.1) is 17.2 Å². The van der Waals surface area contributed by atoms with Crippen LogP contribution >= 0.6 is 23.4 Å². The Bertz CT molecular complexity index is 427. The van der Waals surface area contributed by atoms with Crippen LogP contribution in [0.4, 0.5) is 4.39 Å². The SMILES string of the molecule is CSC(CO)C(C)NC(=O)c1ccc(F)cc1Cl. The molecule has 0 aliphatic heterocycles. The third kappa shape index (κ3) is 3.86. The van der Waals surface area contributed by atoms with Crippen LogP contribution in [0.25, 0.3) is 0 Å². The van der Waals surface area contributed by atoms with Crippen LogP contribution < -0.4 is 5.32 Å². The molecule has 3 nitrogen and oxygen atoms in total. The standard InChI is InChI=1S/C12H15ClFNO2S/c1-7(11(6-16)18-2)15-12(17)9-4-3-8(14)5-10(9)13/h3-5,7,11,16H,6H2,1-2H3,(H,15,17). The lowest BCUT2D eigenvalue weighted by atomic mass is 10.1. The fraction of sp³-hybridized carbons (Fsp3) is 0.417. The summed E-state index contributed by atoms with van der Waals surface area (Å²) in [6.07, 6.45) is 1.86. The number of hydrogen-bond donors (Lipinski definition) is 2. The summed E-state index contributed by atoms with van der Waals surface area (Å²) in [5.41, 5.74) is 0.225. The molecule has 2 atom stereocenters. The average molecular weight is 292 g/mol. The number of aliphatic hydroxyl groups is 1. The number of aliphatic hydroxyl groups excluding tert-OH is 1. The van der Waals surface area contributed by atoms with E-state index >= 15 is 0 Å². The predicted octanol–water partition coefficient (Wildman–Crippen LogP) is 2.32. The number of benzene rings is 1. The lowest BCUT2D eigenvalue weighted by molar-refractivity contribution is 0.0936. The normalized spacial score (nSPS) is 14.1. The minimum Gasteiger partial charge on any atom is -0.395 e. The number of thioether (sulfide) groups is 1. The number of carbonyl (C=O) groups excluding carboxylic acids is 1. The lowest BCUT2D eigenvalue weighted by Crippen LogP contribution is -2.41.